The van der Waals surface area contributed by atoms with Crippen LogP contribution in [0, 0.1) is 5.92 Å². The van der Waals surface area contributed by atoms with Gasteiger partial charge in [-0.25, -0.2) is 0 Å². The monoisotopic (exact) mass is 205 g/mol. The fourth-order valence-corrected chi connectivity index (χ4v) is 2.55. The van der Waals surface area contributed by atoms with Crippen LogP contribution >= 0.6 is 15.9 Å². The van der Waals surface area contributed by atoms with Gasteiger partial charge < -0.3 is 5.73 Å². The number of halogens is 1. The second-order valence-corrected chi connectivity index (χ2v) is 4.31. The van der Waals surface area contributed by atoms with Crippen LogP contribution in [-0.4, -0.2) is 11.4 Å². The molecule has 60 valence electrons. The van der Waals surface area contributed by atoms with Gasteiger partial charge >= 0.3 is 0 Å². The van der Waals surface area contributed by atoms with Crippen molar-refractivity contribution in [2.75, 3.05) is 6.54 Å². The van der Waals surface area contributed by atoms with Crippen molar-refractivity contribution >= 4 is 15.9 Å². The van der Waals surface area contributed by atoms with Crippen molar-refractivity contribution in [3.63, 3.8) is 0 Å². The quantitative estimate of drug-likeness (QED) is 0.689. The molecular formula is C8H16BrN. The fourth-order valence-electron chi connectivity index (χ4n) is 1.70. The minimum Gasteiger partial charge on any atom is -0.330 e. The summed E-state index contributed by atoms with van der Waals surface area (Å²) < 4.78 is 0. The predicted molar refractivity (Wildman–Crippen MR) is 48.3 cm³/mol. The Balaban J connectivity index is 2.25. The summed E-state index contributed by atoms with van der Waals surface area (Å²) in [6, 6.07) is 0. The number of hydrogen-bond donors (Lipinski definition) is 1. The summed E-state index contributed by atoms with van der Waals surface area (Å²) in [5, 5.41) is 0. The highest BCUT2D eigenvalue weighted by Crippen LogP contribution is 2.31. The molecule has 1 fully saturated rings. The Labute approximate surface area is 71.5 Å². The second kappa shape index (κ2) is 4.35. The van der Waals surface area contributed by atoms with Crippen LogP contribution in [-0.2, 0) is 0 Å². The Morgan fingerprint density at radius 2 is 2.00 bits per heavy atom. The topological polar surface area (TPSA) is 26.0 Å². The van der Waals surface area contributed by atoms with E-state index in [2.05, 4.69) is 15.9 Å². The van der Waals surface area contributed by atoms with E-state index in [0.717, 1.165) is 17.3 Å². The van der Waals surface area contributed by atoms with E-state index in [1.54, 1.807) is 0 Å². The van der Waals surface area contributed by atoms with Crippen LogP contribution in [0.3, 0.4) is 0 Å². The van der Waals surface area contributed by atoms with Crippen LogP contribution in [0.15, 0.2) is 0 Å². The average molecular weight is 206 g/mol. The molecule has 0 aromatic rings. The maximum Gasteiger partial charge on any atom is 0.0174 e. The highest BCUT2D eigenvalue weighted by atomic mass is 79.9. The third kappa shape index (κ3) is 2.24. The standard InChI is InChI=1S/C8H16BrN/c9-8-4-2-1-3-7(8)5-6-10/h7-8H,1-6,10H2. The summed E-state index contributed by atoms with van der Waals surface area (Å²) in [7, 11) is 0. The van der Waals surface area contributed by atoms with Crippen molar-refractivity contribution in [3.8, 4) is 0 Å². The maximum atomic E-state index is 5.50. The Morgan fingerprint density at radius 1 is 1.30 bits per heavy atom. The van der Waals surface area contributed by atoms with E-state index in [1.807, 2.05) is 0 Å². The highest BCUT2D eigenvalue weighted by Gasteiger charge is 2.21. The van der Waals surface area contributed by atoms with Crippen LogP contribution in [0.2, 0.25) is 0 Å². The lowest BCUT2D eigenvalue weighted by molar-refractivity contribution is 0.359. The summed E-state index contributed by atoms with van der Waals surface area (Å²) in [5.74, 6) is 0.860. The van der Waals surface area contributed by atoms with Crippen LogP contribution in [0.5, 0.6) is 0 Å². The van der Waals surface area contributed by atoms with Crippen molar-refractivity contribution in [1.82, 2.24) is 0 Å². The highest BCUT2D eigenvalue weighted by molar-refractivity contribution is 9.09. The molecule has 1 rings (SSSR count). The molecule has 2 atom stereocenters. The Hall–Kier alpha value is 0.440. The van der Waals surface area contributed by atoms with E-state index in [-0.39, 0.29) is 0 Å². The molecule has 0 heterocycles. The van der Waals surface area contributed by atoms with Gasteiger partial charge in [0.15, 0.2) is 0 Å². The van der Waals surface area contributed by atoms with E-state index in [0.29, 0.717) is 0 Å². The number of hydrogen-bond acceptors (Lipinski definition) is 1. The molecule has 0 aromatic carbocycles. The molecule has 0 spiro atoms. The Morgan fingerprint density at radius 3 is 2.60 bits per heavy atom. The van der Waals surface area contributed by atoms with E-state index < -0.39 is 0 Å². The van der Waals surface area contributed by atoms with Crippen molar-refractivity contribution in [2.45, 2.75) is 36.9 Å². The lowest BCUT2D eigenvalue weighted by Gasteiger charge is -2.26. The molecule has 1 aliphatic rings. The summed E-state index contributed by atoms with van der Waals surface area (Å²) in [6.45, 7) is 0.854. The molecule has 2 N–H and O–H groups in total. The summed E-state index contributed by atoms with van der Waals surface area (Å²) in [6.07, 6.45) is 6.75. The first-order valence-electron chi connectivity index (χ1n) is 4.18. The van der Waals surface area contributed by atoms with Crippen LogP contribution in [0.4, 0.5) is 0 Å². The lowest BCUT2D eigenvalue weighted by atomic mass is 9.87. The number of nitrogens with two attached hydrogens (primary N) is 1. The first-order chi connectivity index (χ1) is 4.84. The minimum atomic E-state index is 0.754. The van der Waals surface area contributed by atoms with Gasteiger partial charge in [-0.2, -0.15) is 0 Å². The number of alkyl halides is 1. The van der Waals surface area contributed by atoms with Gasteiger partial charge in [0.25, 0.3) is 0 Å². The summed E-state index contributed by atoms with van der Waals surface area (Å²) in [4.78, 5) is 0.754. The van der Waals surface area contributed by atoms with Gasteiger partial charge in [0.1, 0.15) is 0 Å². The molecule has 0 aromatic heterocycles. The van der Waals surface area contributed by atoms with Crippen molar-refractivity contribution in [1.29, 1.82) is 0 Å². The third-order valence-corrected chi connectivity index (χ3v) is 3.56. The van der Waals surface area contributed by atoms with Crippen molar-refractivity contribution in [2.24, 2.45) is 11.7 Å². The lowest BCUT2D eigenvalue weighted by Crippen LogP contribution is -2.21. The molecule has 0 aliphatic heterocycles. The van der Waals surface area contributed by atoms with Gasteiger partial charge in [-0.3, -0.25) is 0 Å². The Kier molecular flexibility index (Phi) is 3.71. The largest absolute Gasteiger partial charge is 0.330 e. The molecular weight excluding hydrogens is 190 g/mol. The maximum absolute atomic E-state index is 5.50. The Bertz CT molecular complexity index is 93.3. The van der Waals surface area contributed by atoms with E-state index in [4.69, 9.17) is 5.73 Å². The summed E-state index contributed by atoms with van der Waals surface area (Å²) in [5.41, 5.74) is 5.50. The SMILES string of the molecule is NCCC1CCCCC1Br. The van der Waals surface area contributed by atoms with Gasteiger partial charge in [-0.15, -0.1) is 0 Å². The van der Waals surface area contributed by atoms with E-state index >= 15 is 0 Å². The zero-order valence-corrected chi connectivity index (χ0v) is 7.94. The minimum absolute atomic E-state index is 0.754. The van der Waals surface area contributed by atoms with E-state index in [1.165, 1.54) is 32.1 Å². The molecule has 10 heavy (non-hydrogen) atoms. The van der Waals surface area contributed by atoms with Gasteiger partial charge in [-0.1, -0.05) is 28.8 Å². The van der Waals surface area contributed by atoms with Gasteiger partial charge in [0.2, 0.25) is 0 Å². The molecule has 0 saturated heterocycles. The van der Waals surface area contributed by atoms with Gasteiger partial charge in [0, 0.05) is 4.83 Å². The molecule has 2 unspecified atom stereocenters. The second-order valence-electron chi connectivity index (χ2n) is 3.14. The zero-order valence-electron chi connectivity index (χ0n) is 6.35. The zero-order chi connectivity index (χ0) is 7.40. The fraction of sp³-hybridized carbons (Fsp3) is 1.00. The van der Waals surface area contributed by atoms with Crippen LogP contribution in [0.25, 0.3) is 0 Å². The number of rotatable bonds is 2. The smallest absolute Gasteiger partial charge is 0.0174 e. The molecule has 1 nitrogen and oxygen atoms in total. The first kappa shape index (κ1) is 8.54. The summed E-state index contributed by atoms with van der Waals surface area (Å²) >= 11 is 3.70. The molecule has 0 bridgehead atoms. The molecule has 2 heteroatoms. The van der Waals surface area contributed by atoms with Crippen LogP contribution < -0.4 is 5.73 Å². The van der Waals surface area contributed by atoms with Crippen molar-refractivity contribution in [3.05, 3.63) is 0 Å². The van der Waals surface area contributed by atoms with Gasteiger partial charge in [0.05, 0.1) is 0 Å². The third-order valence-electron chi connectivity index (χ3n) is 2.35. The molecule has 0 radical (unpaired) electrons. The molecule has 1 aliphatic carbocycles. The molecule has 1 saturated carbocycles. The predicted octanol–water partition coefficient (Wildman–Crippen LogP) is 2.29. The normalized spacial score (nSPS) is 34.2. The van der Waals surface area contributed by atoms with E-state index in [9.17, 15) is 0 Å². The van der Waals surface area contributed by atoms with Gasteiger partial charge in [-0.05, 0) is 31.7 Å². The van der Waals surface area contributed by atoms with Crippen molar-refractivity contribution < 1.29 is 0 Å². The average Bonchev–Trinajstić information content (AvgIpc) is 1.94. The first-order valence-corrected chi connectivity index (χ1v) is 5.10. The van der Waals surface area contributed by atoms with Crippen LogP contribution in [0.1, 0.15) is 32.1 Å². The molecule has 0 amide bonds.